The average Bonchev–Trinajstić information content (AvgIpc) is 2.87. The fourth-order valence-electron chi connectivity index (χ4n) is 5.01. The number of halogens is 4. The molecule has 0 heterocycles. The molecule has 0 spiro atoms. The van der Waals surface area contributed by atoms with E-state index in [-0.39, 0.29) is 33.7 Å². The minimum Gasteiger partial charge on any atom is -0.432 e. The van der Waals surface area contributed by atoms with Gasteiger partial charge in [-0.3, -0.25) is 4.79 Å². The van der Waals surface area contributed by atoms with E-state index in [1.807, 2.05) is 43.3 Å². The number of carbonyl (C=O) groups is 1. The van der Waals surface area contributed by atoms with Gasteiger partial charge in [-0.05, 0) is 68.0 Å². The summed E-state index contributed by atoms with van der Waals surface area (Å²) in [6, 6.07) is 17.1. The number of hydrogen-bond acceptors (Lipinski definition) is 4. The van der Waals surface area contributed by atoms with Gasteiger partial charge in [0, 0.05) is 34.7 Å². The van der Waals surface area contributed by atoms with Gasteiger partial charge < -0.3 is 20.9 Å². The van der Waals surface area contributed by atoms with E-state index in [1.165, 1.54) is 0 Å². The van der Waals surface area contributed by atoms with E-state index >= 15 is 4.39 Å². The minimum atomic E-state index is -3.25. The van der Waals surface area contributed by atoms with Crippen molar-refractivity contribution in [1.29, 1.82) is 0 Å². The molecular weight excluding hydrogens is 517 g/mol. The Labute approximate surface area is 224 Å². The predicted octanol–water partition coefficient (Wildman–Crippen LogP) is 6.26. The highest BCUT2D eigenvalue weighted by Gasteiger charge is 2.29. The van der Waals surface area contributed by atoms with Crippen LogP contribution in [-0.4, -0.2) is 35.8 Å². The molecule has 3 aromatic carbocycles. The molecule has 4 N–H and O–H groups in total. The van der Waals surface area contributed by atoms with Gasteiger partial charge >= 0.3 is 6.61 Å². The van der Waals surface area contributed by atoms with E-state index in [4.69, 9.17) is 17.3 Å². The van der Waals surface area contributed by atoms with Gasteiger partial charge in [-0.2, -0.15) is 8.78 Å². The molecule has 9 heteroatoms. The molecule has 1 fully saturated rings. The highest BCUT2D eigenvalue weighted by atomic mass is 35.5. The number of hydrogen-bond donors (Lipinski definition) is 3. The van der Waals surface area contributed by atoms with Gasteiger partial charge in [-0.1, -0.05) is 48.0 Å². The van der Waals surface area contributed by atoms with Gasteiger partial charge in [0.15, 0.2) is 11.6 Å². The van der Waals surface area contributed by atoms with E-state index in [0.717, 1.165) is 36.1 Å². The third kappa shape index (κ3) is 6.49. The smallest absolute Gasteiger partial charge is 0.387 e. The molecule has 202 valence electrons. The maximum absolute atomic E-state index is 15.5. The molecule has 3 aromatic rings. The lowest BCUT2D eigenvalue weighted by molar-refractivity contribution is -0.0521. The van der Waals surface area contributed by atoms with Crippen molar-refractivity contribution in [1.82, 2.24) is 5.32 Å². The van der Waals surface area contributed by atoms with Crippen molar-refractivity contribution in [3.63, 3.8) is 0 Å². The van der Waals surface area contributed by atoms with Gasteiger partial charge in [-0.25, -0.2) is 4.39 Å². The number of amides is 1. The molecule has 0 radical (unpaired) electrons. The zero-order valence-corrected chi connectivity index (χ0v) is 21.6. The Balaban J connectivity index is 1.74. The summed E-state index contributed by atoms with van der Waals surface area (Å²) in [6.45, 7) is -0.848. The fourth-order valence-corrected chi connectivity index (χ4v) is 5.22. The van der Waals surface area contributed by atoms with Crippen LogP contribution in [0.4, 0.5) is 13.2 Å². The highest BCUT2D eigenvalue weighted by molar-refractivity contribution is 6.33. The van der Waals surface area contributed by atoms with Gasteiger partial charge in [0.2, 0.25) is 5.91 Å². The first-order valence-corrected chi connectivity index (χ1v) is 12.8. The van der Waals surface area contributed by atoms with E-state index in [0.29, 0.717) is 19.4 Å². The van der Waals surface area contributed by atoms with E-state index in [1.54, 1.807) is 12.1 Å². The summed E-state index contributed by atoms with van der Waals surface area (Å²) in [5, 5.41) is 14.0. The highest BCUT2D eigenvalue weighted by Crippen LogP contribution is 2.39. The van der Waals surface area contributed by atoms with E-state index in [9.17, 15) is 18.7 Å². The summed E-state index contributed by atoms with van der Waals surface area (Å²) in [4.78, 5) is 12.2. The lowest BCUT2D eigenvalue weighted by atomic mass is 9.83. The molecule has 0 aliphatic heterocycles. The Kier molecular flexibility index (Phi) is 8.65. The molecule has 38 heavy (non-hydrogen) atoms. The van der Waals surface area contributed by atoms with Crippen LogP contribution in [0.25, 0.3) is 11.1 Å². The minimum absolute atomic E-state index is 0.124. The Bertz CT molecular complexity index is 1280. The molecule has 1 amide bonds. The fraction of sp³-hybridized carbons (Fsp3) is 0.345. The maximum atomic E-state index is 15.5. The summed E-state index contributed by atoms with van der Waals surface area (Å²) in [6.07, 6.45) is 3.09. The normalized spacial score (nSPS) is 20.3. The topological polar surface area (TPSA) is 84.6 Å². The molecule has 1 saturated carbocycles. The molecule has 1 aliphatic carbocycles. The SMILES string of the molecule is CC1(O)CCC(NCC(c2ccccc2)c2ccc(Cl)c(-c3c(C(N)=O)ccc(OC(F)F)c3F)c2)CC1. The second kappa shape index (κ2) is 11.8. The summed E-state index contributed by atoms with van der Waals surface area (Å²) >= 11 is 6.47. The standard InChI is InChI=1S/C29H30ClF3N2O3/c1-29(37)13-11-19(12-14-29)35-16-22(17-5-3-2-4-6-17)18-7-9-23(30)21(15-18)25-20(27(34)36)8-10-24(26(25)31)38-28(32)33/h2-10,15,19,22,28,35,37H,11-14,16H2,1H3,(H2,34,36). The van der Waals surface area contributed by atoms with Crippen molar-refractivity contribution in [3.05, 3.63) is 88.2 Å². The first-order chi connectivity index (χ1) is 18.1. The van der Waals surface area contributed by atoms with Crippen molar-refractivity contribution >= 4 is 17.5 Å². The maximum Gasteiger partial charge on any atom is 0.387 e. The monoisotopic (exact) mass is 546 g/mol. The van der Waals surface area contributed by atoms with Crippen LogP contribution < -0.4 is 15.8 Å². The van der Waals surface area contributed by atoms with Crippen LogP contribution in [-0.2, 0) is 0 Å². The lowest BCUT2D eigenvalue weighted by Gasteiger charge is -2.34. The summed E-state index contributed by atoms with van der Waals surface area (Å²) < 4.78 is 45.6. The number of nitrogens with one attached hydrogen (secondary N) is 1. The summed E-state index contributed by atoms with van der Waals surface area (Å²) in [5.74, 6) is -2.96. The Hall–Kier alpha value is -3.07. The Morgan fingerprint density at radius 2 is 1.82 bits per heavy atom. The number of alkyl halides is 2. The van der Waals surface area contributed by atoms with Gasteiger partial charge in [0.1, 0.15) is 0 Å². The molecule has 5 nitrogen and oxygen atoms in total. The molecule has 1 aliphatic rings. The third-order valence-electron chi connectivity index (χ3n) is 7.13. The Morgan fingerprint density at radius 1 is 1.13 bits per heavy atom. The van der Waals surface area contributed by atoms with E-state index in [2.05, 4.69) is 10.1 Å². The van der Waals surface area contributed by atoms with Gasteiger partial charge in [0.05, 0.1) is 11.2 Å². The first-order valence-electron chi connectivity index (χ1n) is 12.4. The molecule has 0 saturated heterocycles. The molecule has 0 bridgehead atoms. The van der Waals surface area contributed by atoms with Gasteiger partial charge in [0.25, 0.3) is 0 Å². The predicted molar refractivity (Wildman–Crippen MR) is 141 cm³/mol. The van der Waals surface area contributed by atoms with Crippen molar-refractivity contribution in [3.8, 4) is 16.9 Å². The van der Waals surface area contributed by atoms with Crippen LogP contribution >= 0.6 is 11.6 Å². The average molecular weight is 547 g/mol. The summed E-state index contributed by atoms with van der Waals surface area (Å²) in [7, 11) is 0. The zero-order valence-electron chi connectivity index (χ0n) is 20.9. The van der Waals surface area contributed by atoms with Crippen molar-refractivity contribution in [2.24, 2.45) is 5.73 Å². The van der Waals surface area contributed by atoms with Crippen molar-refractivity contribution in [2.45, 2.75) is 56.8 Å². The molecule has 4 rings (SSSR count). The van der Waals surface area contributed by atoms with Crippen LogP contribution in [0.1, 0.15) is 60.0 Å². The number of ether oxygens (including phenoxy) is 1. The van der Waals surface area contributed by atoms with Crippen LogP contribution in [0.5, 0.6) is 5.75 Å². The molecule has 0 aromatic heterocycles. The molecule has 1 atom stereocenters. The number of rotatable bonds is 9. The first kappa shape index (κ1) is 28.0. The van der Waals surface area contributed by atoms with Crippen LogP contribution in [0.15, 0.2) is 60.7 Å². The quantitative estimate of drug-likeness (QED) is 0.296. The van der Waals surface area contributed by atoms with E-state index < -0.39 is 29.7 Å². The number of primary amides is 1. The zero-order chi connectivity index (χ0) is 27.4. The second-order valence-electron chi connectivity index (χ2n) is 9.93. The largest absolute Gasteiger partial charge is 0.432 e. The number of aliphatic hydroxyl groups is 1. The number of carbonyl (C=O) groups excluding carboxylic acids is 1. The van der Waals surface area contributed by atoms with Gasteiger partial charge in [-0.15, -0.1) is 0 Å². The third-order valence-corrected chi connectivity index (χ3v) is 7.46. The number of benzene rings is 3. The second-order valence-corrected chi connectivity index (χ2v) is 10.3. The summed E-state index contributed by atoms with van der Waals surface area (Å²) in [5.41, 5.74) is 6.28. The molecule has 1 unspecified atom stereocenters. The number of nitrogens with two attached hydrogens (primary N) is 1. The van der Waals surface area contributed by atoms with Crippen LogP contribution in [0.2, 0.25) is 5.02 Å². The van der Waals surface area contributed by atoms with Crippen molar-refractivity contribution < 1.29 is 27.8 Å². The molecular formula is C29H30ClF3N2O3. The Morgan fingerprint density at radius 3 is 2.45 bits per heavy atom. The van der Waals surface area contributed by atoms with Crippen LogP contribution in [0, 0.1) is 5.82 Å². The van der Waals surface area contributed by atoms with Crippen molar-refractivity contribution in [2.75, 3.05) is 6.54 Å². The lowest BCUT2D eigenvalue weighted by Crippen LogP contribution is -2.41. The van der Waals surface area contributed by atoms with Crippen LogP contribution in [0.3, 0.4) is 0 Å².